The van der Waals surface area contributed by atoms with Crippen LogP contribution in [0.4, 0.5) is 5.95 Å². The van der Waals surface area contributed by atoms with Crippen molar-refractivity contribution >= 4 is 48.8 Å². The summed E-state index contributed by atoms with van der Waals surface area (Å²) in [6.07, 6.45) is -2.26. The normalized spacial score (nSPS) is 13.9. The summed E-state index contributed by atoms with van der Waals surface area (Å²) in [6.45, 7) is 9.39. The van der Waals surface area contributed by atoms with Crippen molar-refractivity contribution in [2.24, 2.45) is 10.8 Å². The van der Waals surface area contributed by atoms with Crippen LogP contribution in [0.2, 0.25) is 0 Å². The van der Waals surface area contributed by atoms with Crippen LogP contribution in [0.25, 0.3) is 11.2 Å². The zero-order chi connectivity index (χ0) is 42.8. The number of hydrogen-bond donors (Lipinski definition) is 2. The Kier molecular flexibility index (Phi) is 15.1. The van der Waals surface area contributed by atoms with Gasteiger partial charge in [0.1, 0.15) is 30.4 Å². The number of phosphoric ester groups is 1. The average molecular weight is 830 g/mol. The molecule has 0 spiro atoms. The van der Waals surface area contributed by atoms with Gasteiger partial charge in [0.05, 0.1) is 57.4 Å². The van der Waals surface area contributed by atoms with Crippen molar-refractivity contribution in [1.82, 2.24) is 19.5 Å². The lowest BCUT2D eigenvalue weighted by Gasteiger charge is -2.27. The number of hydrogen-bond acceptors (Lipinski definition) is 17. The number of imidazole rings is 1. The van der Waals surface area contributed by atoms with Gasteiger partial charge in [0, 0.05) is 0 Å². The van der Waals surface area contributed by atoms with Gasteiger partial charge < -0.3 is 29.4 Å². The van der Waals surface area contributed by atoms with Gasteiger partial charge in [-0.05, 0) is 76.9 Å². The molecule has 0 saturated heterocycles. The van der Waals surface area contributed by atoms with Crippen molar-refractivity contribution in [3.63, 3.8) is 0 Å². The van der Waals surface area contributed by atoms with Crippen LogP contribution in [0, 0.1) is 10.8 Å². The van der Waals surface area contributed by atoms with Crippen LogP contribution in [0.15, 0.2) is 59.7 Å². The number of carbonyl (C=O) groups excluding carboxylic acids is 4. The van der Waals surface area contributed by atoms with Crippen LogP contribution in [0.3, 0.4) is 0 Å². The first-order valence-corrected chi connectivity index (χ1v) is 19.3. The molecular formula is C38H48N5O14P. The summed E-state index contributed by atoms with van der Waals surface area (Å²) in [4.78, 5) is 72.9. The number of nitrogens with zero attached hydrogens (tertiary/aromatic N) is 3. The molecule has 0 aliphatic rings. The van der Waals surface area contributed by atoms with E-state index in [9.17, 15) is 28.5 Å². The summed E-state index contributed by atoms with van der Waals surface area (Å²) in [5.74, 6) is -2.16. The molecule has 0 radical (unpaired) electrons. The number of methoxy groups -OCH3 is 2. The molecule has 0 bridgehead atoms. The van der Waals surface area contributed by atoms with Gasteiger partial charge in [0.15, 0.2) is 11.2 Å². The lowest BCUT2D eigenvalue weighted by molar-refractivity contribution is -0.144. The molecular weight excluding hydrogens is 781 g/mol. The molecule has 0 fully saturated rings. The van der Waals surface area contributed by atoms with Crippen LogP contribution in [-0.4, -0.2) is 70.8 Å². The Morgan fingerprint density at radius 2 is 1.24 bits per heavy atom. The average Bonchev–Trinajstić information content (AvgIpc) is 3.56. The molecule has 0 aliphatic heterocycles. The zero-order valence-corrected chi connectivity index (χ0v) is 34.4. The molecule has 314 valence electrons. The van der Waals surface area contributed by atoms with E-state index in [1.54, 1.807) is 41.5 Å². The zero-order valence-electron chi connectivity index (χ0n) is 33.5. The first-order chi connectivity index (χ1) is 27.2. The van der Waals surface area contributed by atoms with Crippen molar-refractivity contribution in [2.45, 2.75) is 73.3 Å². The highest BCUT2D eigenvalue weighted by Crippen LogP contribution is 2.57. The molecule has 4 aromatic rings. The van der Waals surface area contributed by atoms with Crippen LogP contribution in [0.5, 0.6) is 11.5 Å². The highest BCUT2D eigenvalue weighted by molar-refractivity contribution is 7.48. The van der Waals surface area contributed by atoms with E-state index in [-0.39, 0.29) is 41.9 Å². The number of nitrogens with two attached hydrogens (primary N) is 1. The highest BCUT2D eigenvalue weighted by atomic mass is 31.2. The summed E-state index contributed by atoms with van der Waals surface area (Å²) in [7, 11) is -2.49. The van der Waals surface area contributed by atoms with Crippen molar-refractivity contribution in [1.29, 1.82) is 0 Å². The number of aromatic nitrogens is 4. The van der Waals surface area contributed by atoms with Gasteiger partial charge in [-0.25, -0.2) is 9.55 Å². The summed E-state index contributed by atoms with van der Waals surface area (Å²) < 4.78 is 60.4. The topological polar surface area (TPSA) is 249 Å². The second-order valence-corrected chi connectivity index (χ2v) is 16.4. The first kappa shape index (κ1) is 45.2. The van der Waals surface area contributed by atoms with Crippen molar-refractivity contribution in [3.8, 4) is 11.5 Å². The molecule has 2 aromatic carbocycles. The second kappa shape index (κ2) is 19.3. The van der Waals surface area contributed by atoms with Gasteiger partial charge in [-0.2, -0.15) is 4.98 Å². The van der Waals surface area contributed by atoms with E-state index in [1.165, 1.54) is 59.4 Å². The quantitative estimate of drug-likeness (QED) is 0.0555. The largest absolute Gasteiger partial charge is 0.476 e. The molecule has 0 saturated carbocycles. The SMILES string of the molecule is COC(=O)CC(OP(=O)(OCCOCn1cnc2c(=O)[nH]c(N)nc21)OC(CC(=O)OC)c1ccc(OC(=O)C(C)(C)C)cc1)c1ccc(OC(=O)C(C)(C)C)cc1. The maximum atomic E-state index is 14.8. The van der Waals surface area contributed by atoms with E-state index < -0.39 is 79.7 Å². The smallest absolute Gasteiger partial charge is 0.469 e. The van der Waals surface area contributed by atoms with Gasteiger partial charge in [-0.1, -0.05) is 24.3 Å². The number of nitrogens with one attached hydrogen (secondary N) is 1. The van der Waals surface area contributed by atoms with Crippen LogP contribution in [-0.2, 0) is 58.3 Å². The van der Waals surface area contributed by atoms with Crippen molar-refractivity contribution < 1.29 is 61.0 Å². The Bertz CT molecular complexity index is 2070. The number of ether oxygens (including phenoxy) is 5. The maximum absolute atomic E-state index is 14.8. The van der Waals surface area contributed by atoms with Gasteiger partial charge in [-0.15, -0.1) is 0 Å². The molecule has 4 rings (SSSR count). The summed E-state index contributed by atoms with van der Waals surface area (Å²) in [5, 5.41) is 0. The predicted molar refractivity (Wildman–Crippen MR) is 206 cm³/mol. The minimum Gasteiger partial charge on any atom is -0.469 e. The van der Waals surface area contributed by atoms with E-state index in [0.717, 1.165) is 14.2 Å². The number of nitrogen functional groups attached to an aromatic ring is 1. The third kappa shape index (κ3) is 12.8. The fourth-order valence-corrected chi connectivity index (χ4v) is 6.24. The first-order valence-electron chi connectivity index (χ1n) is 17.9. The lowest BCUT2D eigenvalue weighted by Crippen LogP contribution is -2.25. The maximum Gasteiger partial charge on any atom is 0.476 e. The molecule has 0 aliphatic carbocycles. The Balaban J connectivity index is 1.63. The van der Waals surface area contributed by atoms with E-state index >= 15 is 0 Å². The molecule has 2 unspecified atom stereocenters. The molecule has 2 atom stereocenters. The Morgan fingerprint density at radius 3 is 1.67 bits per heavy atom. The standard InChI is InChI=1S/C38H48N5O14P/c1-37(2,3)34(47)54-25-13-9-23(10-14-25)27(19-29(44)50-7)56-58(49,53-18-17-52-22-43-21-40-31-32(43)41-36(39)42-33(31)46)57-28(20-30(45)51-8)24-11-15-26(16-12-24)55-35(48)38(4,5)6/h9-16,21,27-28H,17-20,22H2,1-8H3,(H3,39,41,42,46). The van der Waals surface area contributed by atoms with E-state index in [0.29, 0.717) is 11.1 Å². The Morgan fingerprint density at radius 1 is 0.776 bits per heavy atom. The fraction of sp³-hybridized carbons (Fsp3) is 0.447. The highest BCUT2D eigenvalue weighted by Gasteiger charge is 2.38. The minimum atomic E-state index is -4.82. The van der Waals surface area contributed by atoms with Crippen molar-refractivity contribution in [3.05, 3.63) is 76.3 Å². The van der Waals surface area contributed by atoms with Crippen LogP contribution >= 0.6 is 7.82 Å². The van der Waals surface area contributed by atoms with Gasteiger partial charge in [0.2, 0.25) is 5.95 Å². The van der Waals surface area contributed by atoms with E-state index in [1.807, 2.05) is 0 Å². The number of benzene rings is 2. The summed E-state index contributed by atoms with van der Waals surface area (Å²) in [5.41, 5.74) is 4.37. The Labute approximate surface area is 334 Å². The number of phosphoric acid groups is 1. The molecule has 0 amide bonds. The fourth-order valence-electron chi connectivity index (χ4n) is 4.76. The monoisotopic (exact) mass is 829 g/mol. The van der Waals surface area contributed by atoms with Crippen molar-refractivity contribution in [2.75, 3.05) is 33.2 Å². The second-order valence-electron chi connectivity index (χ2n) is 14.8. The third-order valence-electron chi connectivity index (χ3n) is 8.02. The Hall–Kier alpha value is -5.46. The molecule has 2 aromatic heterocycles. The lowest BCUT2D eigenvalue weighted by atomic mass is 9.97. The number of fused-ring (bicyclic) bond motifs is 1. The van der Waals surface area contributed by atoms with Crippen LogP contribution < -0.4 is 20.8 Å². The van der Waals surface area contributed by atoms with Gasteiger partial charge in [-0.3, -0.25) is 47.1 Å². The molecule has 19 nitrogen and oxygen atoms in total. The number of aromatic amines is 1. The van der Waals surface area contributed by atoms with Gasteiger partial charge in [0.25, 0.3) is 5.56 Å². The van der Waals surface area contributed by atoms with E-state index in [4.69, 9.17) is 43.0 Å². The minimum absolute atomic E-state index is 0.0365. The van der Waals surface area contributed by atoms with Gasteiger partial charge >= 0.3 is 31.7 Å². The van der Waals surface area contributed by atoms with Crippen LogP contribution in [0.1, 0.15) is 77.7 Å². The molecule has 58 heavy (non-hydrogen) atoms. The number of rotatable bonds is 18. The summed E-state index contributed by atoms with van der Waals surface area (Å²) in [6, 6.07) is 11.9. The molecule has 3 N–H and O–H groups in total. The van der Waals surface area contributed by atoms with E-state index in [2.05, 4.69) is 15.0 Å². The third-order valence-corrected chi connectivity index (χ3v) is 9.55. The number of H-pyrrole nitrogens is 1. The number of anilines is 1. The number of carbonyl (C=O) groups is 4. The number of esters is 4. The molecule has 20 heteroatoms. The predicted octanol–water partition coefficient (Wildman–Crippen LogP) is 5.35. The summed E-state index contributed by atoms with van der Waals surface area (Å²) >= 11 is 0. The molecule has 2 heterocycles.